The molecule has 1 aromatic carbocycles. The van der Waals surface area contributed by atoms with E-state index in [1.165, 1.54) is 26.0 Å². The van der Waals surface area contributed by atoms with Crippen molar-refractivity contribution in [1.29, 1.82) is 0 Å². The van der Waals surface area contributed by atoms with Gasteiger partial charge in [0.2, 0.25) is 0 Å². The molecular weight excluding hydrogens is 244 g/mol. The minimum Gasteiger partial charge on any atom is -0.507 e. The zero-order chi connectivity index (χ0) is 13.7. The molecule has 2 rings (SSSR count). The zero-order valence-electron chi connectivity index (χ0n) is 11.1. The molecular formula is C14H20N2O3. The van der Waals surface area contributed by atoms with Crippen LogP contribution >= 0.6 is 0 Å². The van der Waals surface area contributed by atoms with E-state index in [9.17, 15) is 9.90 Å². The Morgan fingerprint density at radius 2 is 2.37 bits per heavy atom. The Hall–Kier alpha value is -1.75. The predicted molar refractivity (Wildman–Crippen MR) is 72.6 cm³/mol. The Morgan fingerprint density at radius 1 is 1.53 bits per heavy atom. The summed E-state index contributed by atoms with van der Waals surface area (Å²) < 4.78 is 5.05. The molecule has 3 N–H and O–H groups in total. The Labute approximate surface area is 113 Å². The molecule has 1 aromatic rings. The normalized spacial score (nSPS) is 18.9. The van der Waals surface area contributed by atoms with Gasteiger partial charge < -0.3 is 20.5 Å². The van der Waals surface area contributed by atoms with Crippen molar-refractivity contribution in [2.45, 2.75) is 25.3 Å². The summed E-state index contributed by atoms with van der Waals surface area (Å²) >= 11 is 0. The number of hydrogen-bond acceptors (Lipinski definition) is 4. The number of rotatable bonds is 4. The van der Waals surface area contributed by atoms with Crippen LogP contribution < -0.4 is 15.4 Å². The van der Waals surface area contributed by atoms with Gasteiger partial charge in [0.15, 0.2) is 0 Å². The second kappa shape index (κ2) is 6.43. The van der Waals surface area contributed by atoms with Gasteiger partial charge in [-0.2, -0.15) is 0 Å². The summed E-state index contributed by atoms with van der Waals surface area (Å²) in [6.07, 6.45) is 3.46. The number of hydrogen-bond donors (Lipinski definition) is 3. The lowest BCUT2D eigenvalue weighted by Gasteiger charge is -2.23. The number of nitrogens with one attached hydrogen (secondary N) is 2. The number of methoxy groups -OCH3 is 1. The molecule has 0 bridgehead atoms. The summed E-state index contributed by atoms with van der Waals surface area (Å²) in [6.45, 7) is 1.58. The highest BCUT2D eigenvalue weighted by atomic mass is 16.5. The number of ether oxygens (including phenoxy) is 1. The van der Waals surface area contributed by atoms with Crippen molar-refractivity contribution < 1.29 is 14.6 Å². The van der Waals surface area contributed by atoms with Crippen molar-refractivity contribution in [2.24, 2.45) is 0 Å². The molecule has 0 radical (unpaired) electrons. The maximum Gasteiger partial charge on any atom is 0.255 e. The fraction of sp³-hybridized carbons (Fsp3) is 0.500. The van der Waals surface area contributed by atoms with Crippen LogP contribution in [-0.4, -0.2) is 37.3 Å². The Morgan fingerprint density at radius 3 is 3.05 bits per heavy atom. The Kier molecular flexibility index (Phi) is 4.63. The molecule has 1 amide bonds. The molecule has 5 heteroatoms. The van der Waals surface area contributed by atoms with Crippen LogP contribution in [0.25, 0.3) is 0 Å². The van der Waals surface area contributed by atoms with Gasteiger partial charge in [-0.1, -0.05) is 6.42 Å². The molecule has 0 aromatic heterocycles. The number of carbonyl (C=O) groups is 1. The van der Waals surface area contributed by atoms with Crippen molar-refractivity contribution in [3.8, 4) is 11.5 Å². The summed E-state index contributed by atoms with van der Waals surface area (Å²) in [5.41, 5.74) is 0.246. The molecule has 0 aliphatic carbocycles. The molecule has 5 nitrogen and oxygen atoms in total. The van der Waals surface area contributed by atoms with Crippen molar-refractivity contribution in [2.75, 3.05) is 20.2 Å². The third-order valence-corrected chi connectivity index (χ3v) is 3.37. The second-order valence-electron chi connectivity index (χ2n) is 4.74. The molecule has 1 unspecified atom stereocenters. The van der Waals surface area contributed by atoms with Gasteiger partial charge >= 0.3 is 0 Å². The highest BCUT2D eigenvalue weighted by Gasteiger charge is 2.16. The van der Waals surface area contributed by atoms with E-state index in [1.54, 1.807) is 12.1 Å². The van der Waals surface area contributed by atoms with E-state index in [1.807, 2.05) is 0 Å². The van der Waals surface area contributed by atoms with Crippen LogP contribution in [0.15, 0.2) is 18.2 Å². The summed E-state index contributed by atoms with van der Waals surface area (Å²) in [5, 5.41) is 15.9. The van der Waals surface area contributed by atoms with Crippen molar-refractivity contribution in [3.05, 3.63) is 23.8 Å². The standard InChI is InChI=1S/C14H20N2O3/c1-19-11-5-6-13(17)12(8-11)14(18)16-9-10-4-2-3-7-15-10/h5-6,8,10,15,17H,2-4,7,9H2,1H3,(H,16,18). The maximum atomic E-state index is 12.0. The third kappa shape index (κ3) is 3.61. The van der Waals surface area contributed by atoms with Gasteiger partial charge in [0.05, 0.1) is 12.7 Å². The van der Waals surface area contributed by atoms with Crippen LogP contribution in [0.1, 0.15) is 29.6 Å². The molecule has 1 aliphatic rings. The number of piperidine rings is 1. The molecule has 1 heterocycles. The minimum atomic E-state index is -0.274. The number of phenols is 1. The number of carbonyl (C=O) groups excluding carboxylic acids is 1. The molecule has 1 saturated heterocycles. The molecule has 0 saturated carbocycles. The largest absolute Gasteiger partial charge is 0.507 e. The van der Waals surface area contributed by atoms with Gasteiger partial charge in [-0.3, -0.25) is 4.79 Å². The van der Waals surface area contributed by atoms with E-state index >= 15 is 0 Å². The highest BCUT2D eigenvalue weighted by Crippen LogP contribution is 2.22. The van der Waals surface area contributed by atoms with Crippen LogP contribution in [0.4, 0.5) is 0 Å². The van der Waals surface area contributed by atoms with Crippen LogP contribution in [0, 0.1) is 0 Å². The molecule has 0 spiro atoms. The molecule has 1 aliphatic heterocycles. The molecule has 1 fully saturated rings. The minimum absolute atomic E-state index is 0.0325. The summed E-state index contributed by atoms with van der Waals surface area (Å²) in [6, 6.07) is 4.95. The van der Waals surface area contributed by atoms with Crippen LogP contribution in [-0.2, 0) is 0 Å². The lowest BCUT2D eigenvalue weighted by Crippen LogP contribution is -2.43. The van der Waals surface area contributed by atoms with Crippen molar-refractivity contribution in [1.82, 2.24) is 10.6 Å². The van der Waals surface area contributed by atoms with Crippen molar-refractivity contribution >= 4 is 5.91 Å². The fourth-order valence-corrected chi connectivity index (χ4v) is 2.23. The first-order valence-electron chi connectivity index (χ1n) is 6.59. The van der Waals surface area contributed by atoms with Gasteiger partial charge in [0.1, 0.15) is 11.5 Å². The SMILES string of the molecule is COc1ccc(O)c(C(=O)NCC2CCCCN2)c1. The smallest absolute Gasteiger partial charge is 0.255 e. The number of phenolic OH excluding ortho intramolecular Hbond substituents is 1. The van der Waals surface area contributed by atoms with Gasteiger partial charge in [0.25, 0.3) is 5.91 Å². The quantitative estimate of drug-likeness (QED) is 0.766. The first-order valence-corrected chi connectivity index (χ1v) is 6.59. The van der Waals surface area contributed by atoms with E-state index in [-0.39, 0.29) is 17.2 Å². The van der Waals surface area contributed by atoms with E-state index in [2.05, 4.69) is 10.6 Å². The van der Waals surface area contributed by atoms with Gasteiger partial charge in [0, 0.05) is 12.6 Å². The molecule has 104 valence electrons. The first-order chi connectivity index (χ1) is 9.20. The van der Waals surface area contributed by atoms with E-state index in [0.717, 1.165) is 13.0 Å². The summed E-state index contributed by atoms with van der Waals surface area (Å²) in [7, 11) is 1.53. The van der Waals surface area contributed by atoms with Gasteiger partial charge in [-0.25, -0.2) is 0 Å². The fourth-order valence-electron chi connectivity index (χ4n) is 2.23. The van der Waals surface area contributed by atoms with Gasteiger partial charge in [-0.15, -0.1) is 0 Å². The van der Waals surface area contributed by atoms with E-state index in [0.29, 0.717) is 18.3 Å². The maximum absolute atomic E-state index is 12.0. The first kappa shape index (κ1) is 13.7. The van der Waals surface area contributed by atoms with Crippen LogP contribution in [0.5, 0.6) is 11.5 Å². The summed E-state index contributed by atoms with van der Waals surface area (Å²) in [5.74, 6) is 0.248. The van der Waals surface area contributed by atoms with E-state index in [4.69, 9.17) is 4.74 Å². The highest BCUT2D eigenvalue weighted by molar-refractivity contribution is 5.97. The number of aromatic hydroxyl groups is 1. The molecule has 1 atom stereocenters. The average molecular weight is 264 g/mol. The van der Waals surface area contributed by atoms with E-state index < -0.39 is 0 Å². The number of amides is 1. The van der Waals surface area contributed by atoms with Crippen LogP contribution in [0.3, 0.4) is 0 Å². The molecule has 19 heavy (non-hydrogen) atoms. The second-order valence-corrected chi connectivity index (χ2v) is 4.74. The third-order valence-electron chi connectivity index (χ3n) is 3.37. The monoisotopic (exact) mass is 264 g/mol. The Balaban J connectivity index is 1.95. The average Bonchev–Trinajstić information content (AvgIpc) is 2.46. The Bertz CT molecular complexity index is 442. The summed E-state index contributed by atoms with van der Waals surface area (Å²) in [4.78, 5) is 12.0. The van der Waals surface area contributed by atoms with Crippen molar-refractivity contribution in [3.63, 3.8) is 0 Å². The lowest BCUT2D eigenvalue weighted by atomic mass is 10.0. The van der Waals surface area contributed by atoms with Crippen LogP contribution in [0.2, 0.25) is 0 Å². The lowest BCUT2D eigenvalue weighted by molar-refractivity contribution is 0.0944. The van der Waals surface area contributed by atoms with Gasteiger partial charge in [-0.05, 0) is 37.6 Å². The topological polar surface area (TPSA) is 70.6 Å². The number of benzene rings is 1. The predicted octanol–water partition coefficient (Wildman–Crippen LogP) is 1.27. The zero-order valence-corrected chi connectivity index (χ0v) is 11.1.